The molecule has 0 aliphatic carbocycles. The fourth-order valence-electron chi connectivity index (χ4n) is 3.17. The molecule has 2 aromatic rings. The first-order valence-corrected chi connectivity index (χ1v) is 8.09. The predicted octanol–water partition coefficient (Wildman–Crippen LogP) is 3.25. The summed E-state index contributed by atoms with van der Waals surface area (Å²) in [4.78, 5) is 26.6. The van der Waals surface area contributed by atoms with Gasteiger partial charge >= 0.3 is 0 Å². The van der Waals surface area contributed by atoms with Crippen LogP contribution in [0.5, 0.6) is 0 Å². The molecule has 0 atom stereocenters. The van der Waals surface area contributed by atoms with Crippen molar-refractivity contribution >= 4 is 22.6 Å². The first-order valence-electron chi connectivity index (χ1n) is 8.09. The zero-order chi connectivity index (χ0) is 15.5. The van der Waals surface area contributed by atoms with Gasteiger partial charge < -0.3 is 9.47 Å². The Balaban J connectivity index is 1.92. The van der Waals surface area contributed by atoms with Crippen LogP contribution in [0.4, 0.5) is 0 Å². The molecule has 0 spiro atoms. The van der Waals surface area contributed by atoms with Crippen LogP contribution in [0.15, 0.2) is 30.5 Å². The second-order valence-electron chi connectivity index (χ2n) is 5.95. The number of amides is 1. The Bertz CT molecular complexity index is 696. The first kappa shape index (κ1) is 14.8. The summed E-state index contributed by atoms with van der Waals surface area (Å²) in [5.74, 6) is 0.304. The zero-order valence-corrected chi connectivity index (χ0v) is 13.0. The molecule has 0 bridgehead atoms. The third kappa shape index (κ3) is 2.78. The maximum Gasteiger partial charge on any atom is 0.242 e. The van der Waals surface area contributed by atoms with Gasteiger partial charge in [-0.25, -0.2) is 0 Å². The lowest BCUT2D eigenvalue weighted by molar-refractivity contribution is -0.130. The average molecular weight is 298 g/mol. The topological polar surface area (TPSA) is 42.3 Å². The number of benzene rings is 1. The van der Waals surface area contributed by atoms with Crippen molar-refractivity contribution in [2.24, 2.45) is 0 Å². The molecule has 0 unspecified atom stereocenters. The van der Waals surface area contributed by atoms with Crippen LogP contribution >= 0.6 is 0 Å². The minimum atomic E-state index is 0.146. The van der Waals surface area contributed by atoms with Gasteiger partial charge in [0.05, 0.1) is 0 Å². The van der Waals surface area contributed by atoms with Gasteiger partial charge in [0.2, 0.25) is 5.91 Å². The highest BCUT2D eigenvalue weighted by Gasteiger charge is 2.20. The number of ketones is 1. The molecular formula is C18H22N2O2. The molecule has 0 radical (unpaired) electrons. The van der Waals surface area contributed by atoms with E-state index in [1.807, 2.05) is 46.9 Å². The summed E-state index contributed by atoms with van der Waals surface area (Å²) < 4.78 is 1.93. The molecule has 0 N–H and O–H groups in total. The van der Waals surface area contributed by atoms with E-state index < -0.39 is 0 Å². The number of Topliss-reactive ketones (excluding diaryl/α,β-unsaturated/α-hetero) is 1. The van der Waals surface area contributed by atoms with Crippen molar-refractivity contribution in [2.75, 3.05) is 13.1 Å². The third-order valence-electron chi connectivity index (χ3n) is 4.33. The van der Waals surface area contributed by atoms with Crippen LogP contribution in [0, 0.1) is 0 Å². The number of likely N-dealkylation sites (tertiary alicyclic amines) is 1. The molecule has 1 aromatic carbocycles. The van der Waals surface area contributed by atoms with Crippen LogP contribution in [0.1, 0.15) is 43.0 Å². The maximum atomic E-state index is 12.4. The highest BCUT2D eigenvalue weighted by atomic mass is 16.2. The molecule has 1 amide bonds. The smallest absolute Gasteiger partial charge is 0.242 e. The number of rotatable bonds is 5. The number of fused-ring (bicyclic) bond motifs is 1. The molecule has 1 aliphatic heterocycles. The van der Waals surface area contributed by atoms with Crippen molar-refractivity contribution in [1.82, 2.24) is 9.47 Å². The Morgan fingerprint density at radius 3 is 2.59 bits per heavy atom. The minimum absolute atomic E-state index is 0.146. The lowest BCUT2D eigenvalue weighted by Crippen LogP contribution is -2.30. The Labute approximate surface area is 130 Å². The molecule has 2 heterocycles. The van der Waals surface area contributed by atoms with Crippen LogP contribution in [0.3, 0.4) is 0 Å². The number of carbonyl (C=O) groups excluding carboxylic acids is 2. The van der Waals surface area contributed by atoms with Gasteiger partial charge in [-0.15, -0.1) is 0 Å². The summed E-state index contributed by atoms with van der Waals surface area (Å²) in [5.41, 5.74) is 1.71. The molecule has 3 rings (SSSR count). The number of para-hydroxylation sites is 1. The Kier molecular flexibility index (Phi) is 4.27. The molecule has 1 aliphatic rings. The standard InChI is InChI=1S/C18H22N2O2/c1-2-7-17(21)15-12-20(16-9-4-3-8-14(15)16)13-18(22)19-10-5-6-11-19/h3-4,8-9,12H,2,5-7,10-11,13H2,1H3. The van der Waals surface area contributed by atoms with Gasteiger partial charge in [-0.3, -0.25) is 9.59 Å². The van der Waals surface area contributed by atoms with Gasteiger partial charge in [-0.2, -0.15) is 0 Å². The summed E-state index contributed by atoms with van der Waals surface area (Å²) in [6, 6.07) is 7.84. The summed E-state index contributed by atoms with van der Waals surface area (Å²) in [7, 11) is 0. The monoisotopic (exact) mass is 298 g/mol. The highest BCUT2D eigenvalue weighted by Crippen LogP contribution is 2.23. The summed E-state index contributed by atoms with van der Waals surface area (Å²) in [5, 5.41) is 0.954. The summed E-state index contributed by atoms with van der Waals surface area (Å²) in [6.07, 6.45) is 5.44. The van der Waals surface area contributed by atoms with Crippen molar-refractivity contribution in [3.05, 3.63) is 36.0 Å². The molecule has 116 valence electrons. The van der Waals surface area contributed by atoms with Gasteiger partial charge in [0, 0.05) is 42.2 Å². The number of hydrogen-bond acceptors (Lipinski definition) is 2. The lowest BCUT2D eigenvalue weighted by Gasteiger charge is -2.15. The van der Waals surface area contributed by atoms with E-state index in [0.717, 1.165) is 48.8 Å². The third-order valence-corrected chi connectivity index (χ3v) is 4.33. The normalized spacial score (nSPS) is 14.7. The van der Waals surface area contributed by atoms with Crippen molar-refractivity contribution in [3.63, 3.8) is 0 Å². The zero-order valence-electron chi connectivity index (χ0n) is 13.0. The molecule has 1 aromatic heterocycles. The van der Waals surface area contributed by atoms with Gasteiger partial charge in [0.15, 0.2) is 5.78 Å². The largest absolute Gasteiger partial charge is 0.341 e. The molecular weight excluding hydrogens is 276 g/mol. The Morgan fingerprint density at radius 2 is 1.86 bits per heavy atom. The molecule has 0 saturated carbocycles. The molecule has 1 fully saturated rings. The van der Waals surface area contributed by atoms with Gasteiger partial charge in [-0.1, -0.05) is 25.1 Å². The second kappa shape index (κ2) is 6.34. The molecule has 22 heavy (non-hydrogen) atoms. The SMILES string of the molecule is CCCC(=O)c1cn(CC(=O)N2CCCC2)c2ccccc12. The Hall–Kier alpha value is -2.10. The number of hydrogen-bond donors (Lipinski definition) is 0. The van der Waals surface area contributed by atoms with E-state index in [4.69, 9.17) is 0 Å². The van der Waals surface area contributed by atoms with Crippen molar-refractivity contribution in [1.29, 1.82) is 0 Å². The van der Waals surface area contributed by atoms with Crippen molar-refractivity contribution in [3.8, 4) is 0 Å². The molecule has 4 nitrogen and oxygen atoms in total. The van der Waals surface area contributed by atoms with E-state index in [1.165, 1.54) is 0 Å². The average Bonchev–Trinajstić information content (AvgIpc) is 3.16. The molecule has 4 heteroatoms. The van der Waals surface area contributed by atoms with Crippen molar-refractivity contribution in [2.45, 2.75) is 39.2 Å². The number of aromatic nitrogens is 1. The van der Waals surface area contributed by atoms with E-state index in [2.05, 4.69) is 0 Å². The Morgan fingerprint density at radius 1 is 1.14 bits per heavy atom. The first-order chi connectivity index (χ1) is 10.7. The van der Waals surface area contributed by atoms with Crippen molar-refractivity contribution < 1.29 is 9.59 Å². The second-order valence-corrected chi connectivity index (χ2v) is 5.95. The van der Waals surface area contributed by atoms with E-state index in [-0.39, 0.29) is 11.7 Å². The maximum absolute atomic E-state index is 12.4. The quantitative estimate of drug-likeness (QED) is 0.795. The molecule has 1 saturated heterocycles. The lowest BCUT2D eigenvalue weighted by atomic mass is 10.1. The fourth-order valence-corrected chi connectivity index (χ4v) is 3.17. The fraction of sp³-hybridized carbons (Fsp3) is 0.444. The van der Waals surface area contributed by atoms with E-state index in [0.29, 0.717) is 13.0 Å². The van der Waals surface area contributed by atoms with Crippen LogP contribution in [-0.4, -0.2) is 34.2 Å². The van der Waals surface area contributed by atoms with Crippen LogP contribution in [0.2, 0.25) is 0 Å². The highest BCUT2D eigenvalue weighted by molar-refractivity contribution is 6.08. The summed E-state index contributed by atoms with van der Waals surface area (Å²) >= 11 is 0. The minimum Gasteiger partial charge on any atom is -0.341 e. The van der Waals surface area contributed by atoms with Gasteiger partial charge in [-0.05, 0) is 25.3 Å². The van der Waals surface area contributed by atoms with Crippen LogP contribution in [0.25, 0.3) is 10.9 Å². The summed E-state index contributed by atoms with van der Waals surface area (Å²) in [6.45, 7) is 4.05. The van der Waals surface area contributed by atoms with Gasteiger partial charge in [0.1, 0.15) is 6.54 Å². The van der Waals surface area contributed by atoms with E-state index >= 15 is 0 Å². The van der Waals surface area contributed by atoms with Gasteiger partial charge in [0.25, 0.3) is 0 Å². The predicted molar refractivity (Wildman–Crippen MR) is 87.0 cm³/mol. The van der Waals surface area contributed by atoms with E-state index in [1.54, 1.807) is 0 Å². The van der Waals surface area contributed by atoms with E-state index in [9.17, 15) is 9.59 Å². The van der Waals surface area contributed by atoms with Crippen LogP contribution in [-0.2, 0) is 11.3 Å². The van der Waals surface area contributed by atoms with Crippen LogP contribution < -0.4 is 0 Å². The number of nitrogens with zero attached hydrogens (tertiary/aromatic N) is 2. The number of carbonyl (C=O) groups is 2.